The molecule has 0 fully saturated rings. The highest BCUT2D eigenvalue weighted by Crippen LogP contribution is 2.06. The predicted molar refractivity (Wildman–Crippen MR) is 65.3 cm³/mol. The van der Waals surface area contributed by atoms with Gasteiger partial charge in [0.05, 0.1) is 12.0 Å². The molecule has 0 aliphatic heterocycles. The van der Waals surface area contributed by atoms with Crippen LogP contribution in [0, 0.1) is 6.92 Å². The number of Topliss-reactive ketones (excluding diaryl/α,β-unsaturated/α-hetero) is 1. The zero-order valence-corrected chi connectivity index (χ0v) is 11.1. The van der Waals surface area contributed by atoms with E-state index in [0.717, 1.165) is 11.4 Å². The van der Waals surface area contributed by atoms with Crippen LogP contribution in [0.15, 0.2) is 6.33 Å². The first kappa shape index (κ1) is 16.3. The zero-order chi connectivity index (χ0) is 12.4. The van der Waals surface area contributed by atoms with Crippen LogP contribution in [0.4, 0.5) is 0 Å². The van der Waals surface area contributed by atoms with E-state index in [1.807, 2.05) is 48.6 Å². The number of nitrogens with zero attached hydrogens (tertiary/aromatic N) is 2. The largest absolute Gasteiger partial charge is 0.331 e. The second-order valence-electron chi connectivity index (χ2n) is 2.57. The van der Waals surface area contributed by atoms with Crippen LogP contribution >= 0.6 is 0 Å². The standard InChI is InChI=1S/C8H12N2O.2C2H6/c1-4-7(11)8-6(2)9-5-10(8)3;2*1-2/h5H,4H2,1-3H3;2*1-2H3. The van der Waals surface area contributed by atoms with Gasteiger partial charge >= 0.3 is 0 Å². The molecular weight excluding hydrogens is 188 g/mol. The molecule has 1 heterocycles. The minimum Gasteiger partial charge on any atom is -0.331 e. The SMILES string of the molecule is CC.CC.CCC(=O)c1c(C)ncn1C. The van der Waals surface area contributed by atoms with Gasteiger partial charge in [-0.2, -0.15) is 0 Å². The molecule has 0 spiro atoms. The fraction of sp³-hybridized carbons (Fsp3) is 0.667. The Bertz CT molecular complexity index is 258. The Morgan fingerprint density at radius 2 is 1.80 bits per heavy atom. The van der Waals surface area contributed by atoms with Crippen molar-refractivity contribution in [3.8, 4) is 0 Å². The number of carbonyl (C=O) groups excluding carboxylic acids is 1. The third-order valence-electron chi connectivity index (χ3n) is 1.71. The third-order valence-corrected chi connectivity index (χ3v) is 1.71. The van der Waals surface area contributed by atoms with E-state index in [9.17, 15) is 4.79 Å². The Kier molecular flexibility index (Phi) is 10.3. The molecule has 0 aliphatic rings. The van der Waals surface area contributed by atoms with Gasteiger partial charge in [0, 0.05) is 13.5 Å². The molecule has 0 N–H and O–H groups in total. The Hall–Kier alpha value is -1.12. The van der Waals surface area contributed by atoms with Crippen LogP contribution in [0.1, 0.15) is 57.2 Å². The van der Waals surface area contributed by atoms with E-state index in [-0.39, 0.29) is 5.78 Å². The summed E-state index contributed by atoms with van der Waals surface area (Å²) in [5.41, 5.74) is 1.55. The highest BCUT2D eigenvalue weighted by atomic mass is 16.1. The van der Waals surface area contributed by atoms with Gasteiger partial charge in [0.1, 0.15) is 5.69 Å². The molecule has 15 heavy (non-hydrogen) atoms. The number of ketones is 1. The van der Waals surface area contributed by atoms with Gasteiger partial charge in [-0.3, -0.25) is 4.79 Å². The van der Waals surface area contributed by atoms with Gasteiger partial charge in [0.15, 0.2) is 5.78 Å². The van der Waals surface area contributed by atoms with Gasteiger partial charge in [-0.05, 0) is 6.92 Å². The van der Waals surface area contributed by atoms with Crippen LogP contribution in [0.25, 0.3) is 0 Å². The Morgan fingerprint density at radius 3 is 2.07 bits per heavy atom. The first-order chi connectivity index (χ1) is 7.16. The molecule has 0 saturated carbocycles. The van der Waals surface area contributed by atoms with Crippen molar-refractivity contribution in [2.75, 3.05) is 0 Å². The average Bonchev–Trinajstić information content (AvgIpc) is 2.63. The van der Waals surface area contributed by atoms with Gasteiger partial charge < -0.3 is 4.57 Å². The van der Waals surface area contributed by atoms with Crippen LogP contribution in [0.3, 0.4) is 0 Å². The molecule has 0 unspecified atom stereocenters. The minimum absolute atomic E-state index is 0.155. The van der Waals surface area contributed by atoms with Crippen molar-refractivity contribution in [1.82, 2.24) is 9.55 Å². The normalized spacial score (nSPS) is 8.20. The minimum atomic E-state index is 0.155. The summed E-state index contributed by atoms with van der Waals surface area (Å²) in [6.07, 6.45) is 2.21. The molecule has 1 aromatic heterocycles. The van der Waals surface area contributed by atoms with E-state index in [1.54, 1.807) is 10.9 Å². The van der Waals surface area contributed by atoms with Crippen molar-refractivity contribution >= 4 is 5.78 Å². The number of aromatic nitrogens is 2. The van der Waals surface area contributed by atoms with Crippen LogP contribution in [-0.2, 0) is 7.05 Å². The molecule has 3 nitrogen and oxygen atoms in total. The summed E-state index contributed by atoms with van der Waals surface area (Å²) in [6, 6.07) is 0. The van der Waals surface area contributed by atoms with Gasteiger partial charge in [-0.15, -0.1) is 0 Å². The van der Waals surface area contributed by atoms with E-state index >= 15 is 0 Å². The van der Waals surface area contributed by atoms with Gasteiger partial charge in [-0.1, -0.05) is 34.6 Å². The second kappa shape index (κ2) is 9.44. The first-order valence-electron chi connectivity index (χ1n) is 5.68. The van der Waals surface area contributed by atoms with Crippen LogP contribution in [0.5, 0.6) is 0 Å². The Morgan fingerprint density at radius 1 is 1.33 bits per heavy atom. The number of aryl methyl sites for hydroxylation is 2. The molecule has 0 aromatic carbocycles. The summed E-state index contributed by atoms with van der Waals surface area (Å²) in [5.74, 6) is 0.155. The van der Waals surface area contributed by atoms with Gasteiger partial charge in [0.2, 0.25) is 0 Å². The summed E-state index contributed by atoms with van der Waals surface area (Å²) >= 11 is 0. The van der Waals surface area contributed by atoms with E-state index in [2.05, 4.69) is 4.98 Å². The number of hydrogen-bond donors (Lipinski definition) is 0. The van der Waals surface area contributed by atoms with Crippen molar-refractivity contribution < 1.29 is 4.79 Å². The van der Waals surface area contributed by atoms with Crippen molar-refractivity contribution in [3.63, 3.8) is 0 Å². The Balaban J connectivity index is 0. The number of rotatable bonds is 2. The van der Waals surface area contributed by atoms with E-state index in [0.29, 0.717) is 6.42 Å². The van der Waals surface area contributed by atoms with Crippen molar-refractivity contribution in [2.24, 2.45) is 7.05 Å². The van der Waals surface area contributed by atoms with E-state index < -0.39 is 0 Å². The van der Waals surface area contributed by atoms with E-state index in [4.69, 9.17) is 0 Å². The predicted octanol–water partition coefficient (Wildman–Crippen LogP) is 3.37. The maximum Gasteiger partial charge on any atom is 0.180 e. The maximum atomic E-state index is 11.3. The van der Waals surface area contributed by atoms with Gasteiger partial charge in [0.25, 0.3) is 0 Å². The first-order valence-corrected chi connectivity index (χ1v) is 5.68. The van der Waals surface area contributed by atoms with Crippen LogP contribution in [0.2, 0.25) is 0 Å². The van der Waals surface area contributed by atoms with Gasteiger partial charge in [-0.25, -0.2) is 4.98 Å². The third kappa shape index (κ3) is 4.77. The molecular formula is C12H24N2O. The van der Waals surface area contributed by atoms with Crippen molar-refractivity contribution in [3.05, 3.63) is 17.7 Å². The van der Waals surface area contributed by atoms with E-state index in [1.165, 1.54) is 0 Å². The molecule has 1 rings (SSSR count). The van der Waals surface area contributed by atoms with Crippen molar-refractivity contribution in [2.45, 2.75) is 48.0 Å². The molecule has 0 saturated heterocycles. The lowest BCUT2D eigenvalue weighted by Crippen LogP contribution is -2.05. The Labute approximate surface area is 93.5 Å². The second-order valence-corrected chi connectivity index (χ2v) is 2.57. The molecule has 3 heteroatoms. The topological polar surface area (TPSA) is 34.9 Å². The highest BCUT2D eigenvalue weighted by Gasteiger charge is 2.10. The summed E-state index contributed by atoms with van der Waals surface area (Å²) in [6.45, 7) is 11.7. The molecule has 0 atom stereocenters. The lowest BCUT2D eigenvalue weighted by atomic mass is 10.2. The number of imidazole rings is 1. The monoisotopic (exact) mass is 212 g/mol. The fourth-order valence-electron chi connectivity index (χ4n) is 1.11. The van der Waals surface area contributed by atoms with Crippen LogP contribution in [-0.4, -0.2) is 15.3 Å². The number of hydrogen-bond acceptors (Lipinski definition) is 2. The quantitative estimate of drug-likeness (QED) is 0.704. The van der Waals surface area contributed by atoms with Crippen LogP contribution < -0.4 is 0 Å². The summed E-state index contributed by atoms with van der Waals surface area (Å²) in [4.78, 5) is 15.3. The maximum absolute atomic E-state index is 11.3. The zero-order valence-electron chi connectivity index (χ0n) is 11.1. The summed E-state index contributed by atoms with van der Waals surface area (Å²) < 4.78 is 1.77. The smallest absolute Gasteiger partial charge is 0.180 e. The molecule has 0 aliphatic carbocycles. The highest BCUT2D eigenvalue weighted by molar-refractivity contribution is 5.95. The lowest BCUT2D eigenvalue weighted by Gasteiger charge is -1.98. The fourth-order valence-corrected chi connectivity index (χ4v) is 1.11. The molecule has 1 aromatic rings. The molecule has 0 bridgehead atoms. The molecule has 0 radical (unpaired) electrons. The summed E-state index contributed by atoms with van der Waals surface area (Å²) in [5, 5.41) is 0. The molecule has 88 valence electrons. The summed E-state index contributed by atoms with van der Waals surface area (Å²) in [7, 11) is 1.84. The average molecular weight is 212 g/mol. The van der Waals surface area contributed by atoms with Crippen molar-refractivity contribution in [1.29, 1.82) is 0 Å². The lowest BCUT2D eigenvalue weighted by molar-refractivity contribution is 0.0979. The molecule has 0 amide bonds. The number of carbonyl (C=O) groups is 1.